The number of alkyl halides is 1. The number of nitrogens with one attached hydrogen (secondary N) is 1. The van der Waals surface area contributed by atoms with Crippen LogP contribution in [0.25, 0.3) is 0 Å². The zero-order valence-corrected chi connectivity index (χ0v) is 11.1. The van der Waals surface area contributed by atoms with Crippen LogP contribution >= 0.6 is 15.9 Å². The van der Waals surface area contributed by atoms with E-state index >= 15 is 0 Å². The van der Waals surface area contributed by atoms with Gasteiger partial charge < -0.3 is 5.11 Å². The molecule has 2 N–H and O–H groups in total. The molecule has 0 aliphatic rings. The van der Waals surface area contributed by atoms with Crippen LogP contribution in [0.2, 0.25) is 0 Å². The summed E-state index contributed by atoms with van der Waals surface area (Å²) in [4.78, 5) is 0. The molecule has 0 fully saturated rings. The molecule has 0 spiro atoms. The largest absolute Gasteiger partial charge is 0.396 e. The molecule has 0 aromatic heterocycles. The van der Waals surface area contributed by atoms with Crippen LogP contribution in [-0.4, -0.2) is 24.8 Å². The van der Waals surface area contributed by atoms with Gasteiger partial charge in [-0.05, 0) is 30.5 Å². The van der Waals surface area contributed by atoms with E-state index in [0.717, 1.165) is 12.0 Å². The highest BCUT2D eigenvalue weighted by molar-refractivity contribution is 9.10. The Bertz CT molecular complexity index is 433. The van der Waals surface area contributed by atoms with Gasteiger partial charge in [0.2, 0.25) is 10.0 Å². The first-order valence-corrected chi connectivity index (χ1v) is 7.61. The van der Waals surface area contributed by atoms with Gasteiger partial charge in [0.15, 0.2) is 0 Å². The molecule has 16 heavy (non-hydrogen) atoms. The van der Waals surface area contributed by atoms with Crippen LogP contribution in [0.15, 0.2) is 24.3 Å². The van der Waals surface area contributed by atoms with Gasteiger partial charge >= 0.3 is 0 Å². The van der Waals surface area contributed by atoms with Gasteiger partial charge in [0.25, 0.3) is 0 Å². The summed E-state index contributed by atoms with van der Waals surface area (Å²) in [5.41, 5.74) is 1.55. The lowest BCUT2D eigenvalue weighted by molar-refractivity contribution is 0.288. The SMILES string of the molecule is O=S(=O)(CBr)Nc1cccc(CCCO)c1. The predicted octanol–water partition coefficient (Wildman–Crippen LogP) is 1.71. The Morgan fingerprint density at radius 1 is 1.38 bits per heavy atom. The standard InChI is InChI=1S/C10H14BrNO3S/c11-8-16(14,15)12-10-5-1-3-9(7-10)4-2-6-13/h1,3,5,7,12-13H,2,4,6,8H2. The van der Waals surface area contributed by atoms with Crippen molar-refractivity contribution in [1.29, 1.82) is 0 Å². The van der Waals surface area contributed by atoms with Crippen molar-refractivity contribution in [2.45, 2.75) is 12.8 Å². The minimum Gasteiger partial charge on any atom is -0.396 e. The second-order valence-corrected chi connectivity index (χ2v) is 6.38. The van der Waals surface area contributed by atoms with E-state index in [2.05, 4.69) is 20.7 Å². The maximum atomic E-state index is 11.3. The first kappa shape index (κ1) is 13.5. The van der Waals surface area contributed by atoms with Gasteiger partial charge in [0.1, 0.15) is 4.66 Å². The first-order chi connectivity index (χ1) is 7.57. The van der Waals surface area contributed by atoms with Crippen LogP contribution in [0.3, 0.4) is 0 Å². The second kappa shape index (κ2) is 6.22. The van der Waals surface area contributed by atoms with Crippen molar-refractivity contribution in [3.05, 3.63) is 29.8 Å². The van der Waals surface area contributed by atoms with Crippen LogP contribution in [0, 0.1) is 0 Å². The second-order valence-electron chi connectivity index (χ2n) is 3.35. The molecule has 0 atom stereocenters. The molecular weight excluding hydrogens is 294 g/mol. The van der Waals surface area contributed by atoms with Gasteiger partial charge in [-0.1, -0.05) is 28.1 Å². The number of aliphatic hydroxyl groups is 1. The number of anilines is 1. The molecule has 0 bridgehead atoms. The summed E-state index contributed by atoms with van der Waals surface area (Å²) in [6, 6.07) is 7.17. The molecule has 90 valence electrons. The van der Waals surface area contributed by atoms with Crippen LogP contribution in [-0.2, 0) is 16.4 Å². The third-order valence-corrected chi connectivity index (χ3v) is 4.61. The van der Waals surface area contributed by atoms with Gasteiger partial charge in [-0.3, -0.25) is 4.72 Å². The number of aryl methyl sites for hydroxylation is 1. The average molecular weight is 308 g/mol. The van der Waals surface area contributed by atoms with Crippen molar-refractivity contribution < 1.29 is 13.5 Å². The van der Waals surface area contributed by atoms with Gasteiger partial charge in [0.05, 0.1) is 0 Å². The number of rotatable bonds is 6. The molecule has 1 aromatic carbocycles. The molecule has 0 saturated heterocycles. The number of sulfonamides is 1. The fourth-order valence-electron chi connectivity index (χ4n) is 1.28. The molecule has 0 aliphatic carbocycles. The van der Waals surface area contributed by atoms with Crippen LogP contribution in [0.4, 0.5) is 5.69 Å². The molecule has 0 saturated carbocycles. The fourth-order valence-corrected chi connectivity index (χ4v) is 2.16. The quantitative estimate of drug-likeness (QED) is 0.786. The summed E-state index contributed by atoms with van der Waals surface area (Å²) >= 11 is 2.91. The highest BCUT2D eigenvalue weighted by Crippen LogP contribution is 2.14. The number of aliphatic hydroxyl groups excluding tert-OH is 1. The summed E-state index contributed by atoms with van der Waals surface area (Å²) in [5, 5.41) is 8.70. The Kier molecular flexibility index (Phi) is 5.24. The van der Waals surface area contributed by atoms with Gasteiger partial charge in [-0.2, -0.15) is 0 Å². The van der Waals surface area contributed by atoms with E-state index < -0.39 is 10.0 Å². The molecule has 0 unspecified atom stereocenters. The van der Waals surface area contributed by atoms with E-state index in [1.54, 1.807) is 18.2 Å². The number of halogens is 1. The van der Waals surface area contributed by atoms with E-state index in [-0.39, 0.29) is 11.3 Å². The van der Waals surface area contributed by atoms with Crippen LogP contribution in [0.1, 0.15) is 12.0 Å². The lowest BCUT2D eigenvalue weighted by Crippen LogP contribution is -2.13. The zero-order chi connectivity index (χ0) is 12.0. The normalized spacial score (nSPS) is 11.4. The van der Waals surface area contributed by atoms with E-state index in [0.29, 0.717) is 12.1 Å². The molecular formula is C10H14BrNO3S. The Morgan fingerprint density at radius 3 is 2.75 bits per heavy atom. The van der Waals surface area contributed by atoms with Crippen molar-refractivity contribution in [3.8, 4) is 0 Å². The van der Waals surface area contributed by atoms with Gasteiger partial charge in [-0.15, -0.1) is 0 Å². The Labute approximate surface area is 104 Å². The van der Waals surface area contributed by atoms with Crippen molar-refractivity contribution in [2.75, 3.05) is 16.0 Å². The smallest absolute Gasteiger partial charge is 0.242 e. The molecule has 0 radical (unpaired) electrons. The maximum absolute atomic E-state index is 11.3. The van der Waals surface area contributed by atoms with Gasteiger partial charge in [0, 0.05) is 12.3 Å². The molecule has 0 amide bonds. The maximum Gasteiger partial charge on any atom is 0.242 e. The lowest BCUT2D eigenvalue weighted by Gasteiger charge is -2.07. The molecule has 1 rings (SSSR count). The van der Waals surface area contributed by atoms with E-state index in [4.69, 9.17) is 5.11 Å². The van der Waals surface area contributed by atoms with Gasteiger partial charge in [-0.25, -0.2) is 8.42 Å². The Balaban J connectivity index is 2.75. The summed E-state index contributed by atoms with van der Waals surface area (Å²) in [5.74, 6) is 0. The lowest BCUT2D eigenvalue weighted by atomic mass is 10.1. The molecule has 6 heteroatoms. The topological polar surface area (TPSA) is 66.4 Å². The summed E-state index contributed by atoms with van der Waals surface area (Å²) in [7, 11) is -3.29. The van der Waals surface area contributed by atoms with Crippen molar-refractivity contribution in [1.82, 2.24) is 0 Å². The zero-order valence-electron chi connectivity index (χ0n) is 8.69. The summed E-state index contributed by atoms with van der Waals surface area (Å²) in [6.45, 7) is 0.136. The Morgan fingerprint density at radius 2 is 2.12 bits per heavy atom. The monoisotopic (exact) mass is 307 g/mol. The number of hydrogen-bond acceptors (Lipinski definition) is 3. The third kappa shape index (κ3) is 4.51. The highest BCUT2D eigenvalue weighted by atomic mass is 79.9. The molecule has 4 nitrogen and oxygen atoms in total. The van der Waals surface area contributed by atoms with Crippen molar-refractivity contribution in [3.63, 3.8) is 0 Å². The van der Waals surface area contributed by atoms with Crippen LogP contribution < -0.4 is 4.72 Å². The average Bonchev–Trinajstić information content (AvgIpc) is 2.26. The third-order valence-electron chi connectivity index (χ3n) is 1.97. The first-order valence-electron chi connectivity index (χ1n) is 4.83. The minimum atomic E-state index is -3.29. The molecule has 0 aliphatic heterocycles. The van der Waals surface area contributed by atoms with E-state index in [1.807, 2.05) is 6.07 Å². The van der Waals surface area contributed by atoms with E-state index in [9.17, 15) is 8.42 Å². The van der Waals surface area contributed by atoms with Crippen molar-refractivity contribution in [2.24, 2.45) is 0 Å². The predicted molar refractivity (Wildman–Crippen MR) is 68.2 cm³/mol. The summed E-state index contributed by atoms with van der Waals surface area (Å²) < 4.78 is 24.9. The highest BCUT2D eigenvalue weighted by Gasteiger charge is 2.07. The van der Waals surface area contributed by atoms with Crippen molar-refractivity contribution >= 4 is 31.6 Å². The molecule has 1 aromatic rings. The fraction of sp³-hybridized carbons (Fsp3) is 0.400. The van der Waals surface area contributed by atoms with Crippen LogP contribution in [0.5, 0.6) is 0 Å². The molecule has 0 heterocycles. The number of hydrogen-bond donors (Lipinski definition) is 2. The number of benzene rings is 1. The minimum absolute atomic E-state index is 0.124. The summed E-state index contributed by atoms with van der Waals surface area (Å²) in [6.07, 6.45) is 1.41. The Hall–Kier alpha value is -0.590. The van der Waals surface area contributed by atoms with E-state index in [1.165, 1.54) is 0 Å².